The molecule has 0 aliphatic heterocycles. The van der Waals surface area contributed by atoms with Crippen molar-refractivity contribution in [2.45, 2.75) is 65.2 Å². The summed E-state index contributed by atoms with van der Waals surface area (Å²) in [6.45, 7) is 22.5. The predicted molar refractivity (Wildman–Crippen MR) is 250 cm³/mol. The van der Waals surface area contributed by atoms with Crippen LogP contribution in [0.15, 0.2) is 24.3 Å². The van der Waals surface area contributed by atoms with Crippen molar-refractivity contribution in [1.82, 2.24) is 0 Å². The van der Waals surface area contributed by atoms with Gasteiger partial charge in [-0.25, -0.2) is 0 Å². The van der Waals surface area contributed by atoms with Crippen molar-refractivity contribution in [2.75, 3.05) is 183 Å². The van der Waals surface area contributed by atoms with Gasteiger partial charge < -0.3 is 56.8 Å². The molecule has 18 nitrogen and oxygen atoms in total. The molecular weight excluding hydrogens is 920 g/mol. The molecule has 1 aromatic carbocycles. The van der Waals surface area contributed by atoms with E-state index < -0.39 is 31.1 Å². The van der Waals surface area contributed by atoms with Crippen LogP contribution in [0.3, 0.4) is 0 Å². The molecule has 0 atom stereocenters. The van der Waals surface area contributed by atoms with E-state index >= 15 is 0 Å². The average molecular weight is 1000 g/mol. The minimum absolute atomic E-state index is 0. The first-order valence-electron chi connectivity index (χ1n) is 22.5. The Labute approximate surface area is 433 Å². The summed E-state index contributed by atoms with van der Waals surface area (Å²) in [6.07, 6.45) is 0.556. The summed E-state index contributed by atoms with van der Waals surface area (Å²) in [6, 6.07) is 7.60. The number of hydrogen-bond donors (Lipinski definition) is 0. The van der Waals surface area contributed by atoms with Gasteiger partial charge in [0.05, 0.1) is 157 Å². The molecule has 0 fully saturated rings. The first-order valence-corrected chi connectivity index (χ1v) is 25.7. The van der Waals surface area contributed by atoms with Crippen molar-refractivity contribution in [1.29, 1.82) is 0 Å². The molecule has 0 N–H and O–H groups in total. The Kier molecular flexibility index (Phi) is 42.1. The zero-order valence-corrected chi connectivity index (χ0v) is 41.3. The summed E-state index contributed by atoms with van der Waals surface area (Å²) >= 11 is 0. The molecule has 0 amide bonds. The van der Waals surface area contributed by atoms with E-state index in [4.69, 9.17) is 65.2 Å². The average Bonchev–Trinajstić information content (AvgIpc) is 3.27. The van der Waals surface area contributed by atoms with E-state index in [1.165, 1.54) is 0 Å². The van der Waals surface area contributed by atoms with E-state index in [2.05, 4.69) is 0 Å². The molecule has 0 heterocycles. The molecule has 380 valence electrons. The number of rotatable bonds is 48. The third kappa shape index (κ3) is 38.6. The van der Waals surface area contributed by atoms with Crippen molar-refractivity contribution >= 4 is 71.6 Å². The Bertz CT molecular complexity index is 1350. The van der Waals surface area contributed by atoms with Crippen molar-refractivity contribution in [3.63, 3.8) is 0 Å². The first kappa shape index (κ1) is 65.2. The summed E-state index contributed by atoms with van der Waals surface area (Å²) in [5.41, 5.74) is 0.365. The van der Waals surface area contributed by atoms with Gasteiger partial charge in [-0.15, -0.1) is 0 Å². The second-order valence-electron chi connectivity index (χ2n) is 15.6. The Morgan fingerprint density at radius 3 is 0.862 bits per heavy atom. The molecule has 0 aliphatic rings. The van der Waals surface area contributed by atoms with Gasteiger partial charge in [-0.3, -0.25) is 8.37 Å². The zero-order chi connectivity index (χ0) is 47.1. The standard InChI is InChI=1S/C44H82O18S2.K.H/c1-7-49-16-18-53-24-26-57-32-34-59-30-28-55-22-20-51-14-10-36-63(45,46)61-39-43(3,4)41-12-9-13-42(38-41)44(5,6)40-62-64(47,48)37-11-15-52-21-23-56-29-31-60-35-33-58-27-25-54-19-17-50-8-2;;/h9,12-13,38H,7-8,10-11,14-37,39-40H2,1-6H3;;. The fourth-order valence-electron chi connectivity index (χ4n) is 5.28. The number of benzene rings is 1. The van der Waals surface area contributed by atoms with E-state index in [1.807, 2.05) is 65.8 Å². The Morgan fingerprint density at radius 2 is 0.615 bits per heavy atom. The molecule has 0 bridgehead atoms. The molecule has 0 saturated carbocycles. The van der Waals surface area contributed by atoms with Crippen LogP contribution >= 0.6 is 0 Å². The van der Waals surface area contributed by atoms with Gasteiger partial charge in [0, 0.05) is 37.3 Å². The van der Waals surface area contributed by atoms with Crippen LogP contribution in [-0.2, 0) is 96.3 Å². The predicted octanol–water partition coefficient (Wildman–Crippen LogP) is 3.31. The quantitative estimate of drug-likeness (QED) is 0.0523. The van der Waals surface area contributed by atoms with Crippen molar-refractivity contribution in [3.8, 4) is 0 Å². The van der Waals surface area contributed by atoms with Crippen LogP contribution in [0, 0.1) is 0 Å². The summed E-state index contributed by atoms with van der Waals surface area (Å²) in [7, 11) is -7.60. The molecule has 21 heteroatoms. The van der Waals surface area contributed by atoms with Crippen molar-refractivity contribution < 1.29 is 82.0 Å². The molecule has 0 spiro atoms. The molecule has 0 aromatic heterocycles. The molecule has 0 saturated heterocycles. The molecular formula is C44H83KO18S2. The van der Waals surface area contributed by atoms with E-state index in [9.17, 15) is 16.8 Å². The van der Waals surface area contributed by atoms with Crippen LogP contribution in [0.25, 0.3) is 0 Å². The summed E-state index contributed by atoms with van der Waals surface area (Å²) < 4.78 is 127. The fraction of sp³-hybridized carbons (Fsp3) is 0.864. The van der Waals surface area contributed by atoms with Crippen molar-refractivity contribution in [2.24, 2.45) is 0 Å². The van der Waals surface area contributed by atoms with Crippen LogP contribution in [0.5, 0.6) is 0 Å². The van der Waals surface area contributed by atoms with Crippen LogP contribution < -0.4 is 0 Å². The first-order chi connectivity index (χ1) is 30.7. The SMILES string of the molecule is CCOCCOCCOCCOCCOCCOCCCS(=O)(=O)OCC(C)(C)c1cccc(C(C)(C)COS(=O)(=O)CCCOCCOCCOCCOCCOCCOCC)c1.[KH]. The third-order valence-electron chi connectivity index (χ3n) is 9.12. The van der Waals surface area contributed by atoms with Gasteiger partial charge in [0.2, 0.25) is 0 Å². The second-order valence-corrected chi connectivity index (χ2v) is 19.1. The van der Waals surface area contributed by atoms with Crippen LogP contribution in [0.1, 0.15) is 65.5 Å². The van der Waals surface area contributed by atoms with Crippen LogP contribution in [0.4, 0.5) is 0 Å². The van der Waals surface area contributed by atoms with Gasteiger partial charge >= 0.3 is 51.4 Å². The molecule has 1 rings (SSSR count). The molecule has 65 heavy (non-hydrogen) atoms. The minimum atomic E-state index is -3.80. The second kappa shape index (κ2) is 41.9. The molecule has 0 unspecified atom stereocenters. The van der Waals surface area contributed by atoms with E-state index in [1.54, 1.807) is 0 Å². The van der Waals surface area contributed by atoms with Gasteiger partial charge in [0.15, 0.2) is 0 Å². The van der Waals surface area contributed by atoms with Gasteiger partial charge in [0.1, 0.15) is 0 Å². The van der Waals surface area contributed by atoms with E-state index in [-0.39, 0.29) is 102 Å². The number of ether oxygens (including phenoxy) is 12. The third-order valence-corrected chi connectivity index (χ3v) is 11.6. The maximum absolute atomic E-state index is 12.7. The van der Waals surface area contributed by atoms with Gasteiger partial charge in [0.25, 0.3) is 20.2 Å². The van der Waals surface area contributed by atoms with Crippen molar-refractivity contribution in [3.05, 3.63) is 35.4 Å². The van der Waals surface area contributed by atoms with E-state index in [0.717, 1.165) is 11.1 Å². The molecule has 1 aromatic rings. The molecule has 0 aliphatic carbocycles. The maximum atomic E-state index is 12.7. The van der Waals surface area contributed by atoms with Crippen LogP contribution in [0.2, 0.25) is 0 Å². The zero-order valence-electron chi connectivity index (χ0n) is 39.7. The van der Waals surface area contributed by atoms with Gasteiger partial charge in [-0.1, -0.05) is 52.0 Å². The van der Waals surface area contributed by atoms with Gasteiger partial charge in [-0.2, -0.15) is 16.8 Å². The Balaban J connectivity index is 0.0000410. The fourth-order valence-corrected chi connectivity index (χ4v) is 7.41. The summed E-state index contributed by atoms with van der Waals surface area (Å²) in [4.78, 5) is 0. The van der Waals surface area contributed by atoms with Crippen LogP contribution in [-0.4, -0.2) is 252 Å². The topological polar surface area (TPSA) is 197 Å². The van der Waals surface area contributed by atoms with E-state index in [0.29, 0.717) is 145 Å². The number of hydrogen-bond acceptors (Lipinski definition) is 18. The normalized spacial score (nSPS) is 12.5. The Hall–Kier alpha value is 0.196. The Morgan fingerprint density at radius 1 is 0.385 bits per heavy atom. The van der Waals surface area contributed by atoms with Gasteiger partial charge in [-0.05, 0) is 37.8 Å². The molecule has 0 radical (unpaired) electrons. The summed E-state index contributed by atoms with van der Waals surface area (Å²) in [5, 5.41) is 0. The summed E-state index contributed by atoms with van der Waals surface area (Å²) in [5.74, 6) is -0.361. The monoisotopic (exact) mass is 1000 g/mol.